The highest BCUT2D eigenvalue weighted by atomic mass is 32.1. The summed E-state index contributed by atoms with van der Waals surface area (Å²) in [5.74, 6) is 0.862. The molecule has 0 saturated carbocycles. The Morgan fingerprint density at radius 2 is 1.90 bits per heavy atom. The zero-order chi connectivity index (χ0) is 20.8. The van der Waals surface area contributed by atoms with Gasteiger partial charge in [0.1, 0.15) is 12.4 Å². The van der Waals surface area contributed by atoms with Crippen LogP contribution in [0.1, 0.15) is 60.3 Å². The number of aryl methyl sites for hydroxylation is 2. The molecule has 1 atom stereocenters. The maximum atomic E-state index is 13.0. The van der Waals surface area contributed by atoms with E-state index < -0.39 is 0 Å². The average molecular weight is 429 g/mol. The quantitative estimate of drug-likeness (QED) is 0.688. The second-order valence-electron chi connectivity index (χ2n) is 8.42. The maximum absolute atomic E-state index is 13.0. The average Bonchev–Trinajstić information content (AvgIpc) is 3.19. The van der Waals surface area contributed by atoms with Crippen LogP contribution in [0.3, 0.4) is 0 Å². The summed E-state index contributed by atoms with van der Waals surface area (Å²) in [5.41, 5.74) is 2.53. The Morgan fingerprint density at radius 3 is 2.73 bits per heavy atom. The number of carbonyl (C=O) groups is 1. The molecule has 6 nitrogen and oxygen atoms in total. The van der Waals surface area contributed by atoms with Gasteiger partial charge in [0.15, 0.2) is 5.69 Å². The van der Waals surface area contributed by atoms with Crippen molar-refractivity contribution in [3.8, 4) is 5.75 Å². The van der Waals surface area contributed by atoms with Crippen LogP contribution in [-0.2, 0) is 6.42 Å². The van der Waals surface area contributed by atoms with Crippen LogP contribution < -0.4 is 4.74 Å². The van der Waals surface area contributed by atoms with E-state index in [0.717, 1.165) is 49.8 Å². The van der Waals surface area contributed by atoms with Gasteiger partial charge in [-0.3, -0.25) is 4.79 Å². The molecule has 0 spiro atoms. The lowest BCUT2D eigenvalue weighted by Gasteiger charge is -2.36. The van der Waals surface area contributed by atoms with Crippen molar-refractivity contribution in [1.29, 1.82) is 0 Å². The first-order valence-corrected chi connectivity index (χ1v) is 12.0. The number of fused-ring (bicyclic) bond motifs is 3. The van der Waals surface area contributed by atoms with Gasteiger partial charge in [-0.15, -0.1) is 0 Å². The summed E-state index contributed by atoms with van der Waals surface area (Å²) >= 11 is 1.10. The first kappa shape index (κ1) is 21.2. The Bertz CT molecular complexity index is 840. The van der Waals surface area contributed by atoms with Crippen LogP contribution in [0.15, 0.2) is 24.3 Å². The molecule has 3 heterocycles. The van der Waals surface area contributed by atoms with Gasteiger partial charge in [0.25, 0.3) is 5.91 Å². The molecule has 1 fully saturated rings. The molecule has 0 radical (unpaired) electrons. The van der Waals surface area contributed by atoms with Gasteiger partial charge in [-0.2, -0.15) is 8.75 Å². The van der Waals surface area contributed by atoms with Crippen LogP contribution in [0.4, 0.5) is 0 Å². The lowest BCUT2D eigenvalue weighted by atomic mass is 9.95. The predicted octanol–water partition coefficient (Wildman–Crippen LogP) is 3.95. The molecule has 2 aliphatic heterocycles. The van der Waals surface area contributed by atoms with Crippen molar-refractivity contribution in [3.05, 3.63) is 41.2 Å². The largest absolute Gasteiger partial charge is 0.492 e. The van der Waals surface area contributed by atoms with Gasteiger partial charge in [0, 0.05) is 12.6 Å². The molecule has 7 heteroatoms. The normalized spacial score (nSPS) is 21.8. The number of amides is 1. The smallest absolute Gasteiger partial charge is 0.275 e. The van der Waals surface area contributed by atoms with E-state index in [0.29, 0.717) is 30.6 Å². The number of aromatic nitrogens is 2. The lowest BCUT2D eigenvalue weighted by molar-refractivity contribution is 0.0716. The van der Waals surface area contributed by atoms with Crippen molar-refractivity contribution in [2.45, 2.75) is 57.9 Å². The minimum atomic E-state index is -0.0289. The maximum Gasteiger partial charge on any atom is 0.275 e. The van der Waals surface area contributed by atoms with Crippen molar-refractivity contribution in [1.82, 2.24) is 18.5 Å². The van der Waals surface area contributed by atoms with Crippen LogP contribution in [0.5, 0.6) is 5.75 Å². The summed E-state index contributed by atoms with van der Waals surface area (Å²) in [5, 5.41) is 0. The zero-order valence-electron chi connectivity index (χ0n) is 17.9. The number of hydrogen-bond acceptors (Lipinski definition) is 6. The van der Waals surface area contributed by atoms with E-state index in [1.807, 2.05) is 17.9 Å². The van der Waals surface area contributed by atoms with E-state index in [2.05, 4.69) is 31.8 Å². The molecule has 2 aliphatic rings. The number of benzene rings is 1. The monoisotopic (exact) mass is 428 g/mol. The highest BCUT2D eigenvalue weighted by Gasteiger charge is 2.23. The molecule has 4 rings (SSSR count). The highest BCUT2D eigenvalue weighted by Crippen LogP contribution is 2.23. The molecule has 1 unspecified atom stereocenters. The fourth-order valence-corrected chi connectivity index (χ4v) is 5.13. The summed E-state index contributed by atoms with van der Waals surface area (Å²) in [6, 6.07) is 9.12. The topological polar surface area (TPSA) is 58.6 Å². The number of rotatable bonds is 1. The SMILES string of the molecule is Cc1nsnc1C(=O)N1CCCCN2CCCCC2CCc2cccc(c2)OCC1. The van der Waals surface area contributed by atoms with E-state index in [4.69, 9.17) is 4.74 Å². The summed E-state index contributed by atoms with van der Waals surface area (Å²) in [6.45, 7) is 5.97. The Labute approximate surface area is 183 Å². The van der Waals surface area contributed by atoms with Gasteiger partial charge in [-0.1, -0.05) is 18.6 Å². The molecule has 2 bridgehead atoms. The summed E-state index contributed by atoms with van der Waals surface area (Å²) in [6.07, 6.45) is 8.37. The van der Waals surface area contributed by atoms with Crippen molar-refractivity contribution in [3.63, 3.8) is 0 Å². The minimum Gasteiger partial charge on any atom is -0.492 e. The van der Waals surface area contributed by atoms with Gasteiger partial charge in [-0.05, 0) is 76.2 Å². The van der Waals surface area contributed by atoms with Gasteiger partial charge >= 0.3 is 0 Å². The van der Waals surface area contributed by atoms with E-state index >= 15 is 0 Å². The molecule has 1 amide bonds. The Kier molecular flexibility index (Phi) is 7.33. The van der Waals surface area contributed by atoms with Gasteiger partial charge in [0.05, 0.1) is 24.0 Å². The number of piperidine rings is 1. The lowest BCUT2D eigenvalue weighted by Crippen LogP contribution is -2.41. The van der Waals surface area contributed by atoms with E-state index in [-0.39, 0.29) is 5.91 Å². The fraction of sp³-hybridized carbons (Fsp3) is 0.609. The number of ether oxygens (including phenoxy) is 1. The fourth-order valence-electron chi connectivity index (χ4n) is 4.59. The highest BCUT2D eigenvalue weighted by molar-refractivity contribution is 6.99. The van der Waals surface area contributed by atoms with E-state index in [1.165, 1.54) is 37.8 Å². The molecular weight excluding hydrogens is 396 g/mol. The third-order valence-electron chi connectivity index (χ3n) is 6.31. The van der Waals surface area contributed by atoms with Crippen molar-refractivity contribution >= 4 is 17.6 Å². The molecular formula is C23H32N4O2S. The number of nitrogens with zero attached hydrogens (tertiary/aromatic N) is 4. The number of hydrogen-bond donors (Lipinski definition) is 0. The second kappa shape index (κ2) is 10.4. The molecule has 2 aromatic rings. The van der Waals surface area contributed by atoms with Gasteiger partial charge in [0.2, 0.25) is 0 Å². The molecule has 1 saturated heterocycles. The van der Waals surface area contributed by atoms with Crippen LogP contribution >= 0.6 is 11.7 Å². The van der Waals surface area contributed by atoms with Crippen LogP contribution in [-0.4, -0.2) is 63.3 Å². The minimum absolute atomic E-state index is 0.0289. The third kappa shape index (κ3) is 5.38. The van der Waals surface area contributed by atoms with Crippen LogP contribution in [0.2, 0.25) is 0 Å². The third-order valence-corrected chi connectivity index (χ3v) is 6.93. The van der Waals surface area contributed by atoms with E-state index in [9.17, 15) is 4.79 Å². The van der Waals surface area contributed by atoms with Crippen molar-refractivity contribution in [2.24, 2.45) is 0 Å². The van der Waals surface area contributed by atoms with Crippen molar-refractivity contribution in [2.75, 3.05) is 32.8 Å². The van der Waals surface area contributed by atoms with Crippen LogP contribution in [0.25, 0.3) is 0 Å². The summed E-state index contributed by atoms with van der Waals surface area (Å²) in [4.78, 5) is 17.6. The molecule has 162 valence electrons. The Hall–Kier alpha value is -1.99. The molecule has 0 aliphatic carbocycles. The van der Waals surface area contributed by atoms with Gasteiger partial charge < -0.3 is 14.5 Å². The molecule has 1 aromatic heterocycles. The van der Waals surface area contributed by atoms with Gasteiger partial charge in [-0.25, -0.2) is 0 Å². The van der Waals surface area contributed by atoms with E-state index in [1.54, 1.807) is 0 Å². The predicted molar refractivity (Wildman–Crippen MR) is 119 cm³/mol. The first-order chi connectivity index (χ1) is 14.7. The molecule has 30 heavy (non-hydrogen) atoms. The van der Waals surface area contributed by atoms with Crippen LogP contribution in [0, 0.1) is 6.92 Å². The number of carbonyl (C=O) groups excluding carboxylic acids is 1. The Balaban J connectivity index is 1.49. The molecule has 1 aromatic carbocycles. The summed E-state index contributed by atoms with van der Waals surface area (Å²) < 4.78 is 14.4. The summed E-state index contributed by atoms with van der Waals surface area (Å²) in [7, 11) is 0. The van der Waals surface area contributed by atoms with Crippen molar-refractivity contribution < 1.29 is 9.53 Å². The Morgan fingerprint density at radius 1 is 1.07 bits per heavy atom. The zero-order valence-corrected chi connectivity index (χ0v) is 18.7. The second-order valence-corrected chi connectivity index (χ2v) is 8.95. The first-order valence-electron chi connectivity index (χ1n) is 11.2. The molecule has 0 N–H and O–H groups in total. The standard InChI is InChI=1S/C23H32N4O2S/c1-18-22(25-30-24-18)23(28)27-14-5-4-13-26-12-3-2-8-20(26)11-10-19-7-6-9-21(17-19)29-16-15-27/h6-7,9,17,20H,2-5,8,10-16H2,1H3.